The first-order valence-electron chi connectivity index (χ1n) is 7.50. The molecule has 4 atom stereocenters. The number of imide groups is 1. The van der Waals surface area contributed by atoms with Crippen LogP contribution >= 0.6 is 0 Å². The third-order valence-electron chi connectivity index (χ3n) is 4.92. The number of hydrogen-bond acceptors (Lipinski definition) is 3. The molecule has 1 aromatic carbocycles. The zero-order valence-corrected chi connectivity index (χ0v) is 12.2. The van der Waals surface area contributed by atoms with E-state index >= 15 is 0 Å². The smallest absolute Gasteiger partial charge is 0.238 e. The van der Waals surface area contributed by atoms with Crippen molar-refractivity contribution in [2.75, 3.05) is 10.2 Å². The van der Waals surface area contributed by atoms with Crippen LogP contribution < -0.4 is 10.2 Å². The van der Waals surface area contributed by atoms with Crippen LogP contribution in [0, 0.1) is 23.7 Å². The van der Waals surface area contributed by atoms with Gasteiger partial charge in [-0.1, -0.05) is 12.2 Å². The molecule has 5 heteroatoms. The van der Waals surface area contributed by atoms with Gasteiger partial charge in [-0.05, 0) is 42.5 Å². The highest BCUT2D eigenvalue weighted by Crippen LogP contribution is 2.53. The molecule has 4 rings (SSSR count). The quantitative estimate of drug-likeness (QED) is 0.670. The molecule has 1 N–H and O–H groups in total. The van der Waals surface area contributed by atoms with Crippen LogP contribution in [0.4, 0.5) is 11.4 Å². The number of anilines is 2. The van der Waals surface area contributed by atoms with Crippen LogP contribution in [0.5, 0.6) is 0 Å². The summed E-state index contributed by atoms with van der Waals surface area (Å²) in [6, 6.07) is 6.82. The van der Waals surface area contributed by atoms with Crippen LogP contribution in [0.1, 0.15) is 13.3 Å². The highest BCUT2D eigenvalue weighted by molar-refractivity contribution is 6.22. The summed E-state index contributed by atoms with van der Waals surface area (Å²) >= 11 is 0. The Kier molecular flexibility index (Phi) is 2.73. The predicted octanol–water partition coefficient (Wildman–Crippen LogP) is 1.96. The maximum atomic E-state index is 12.7. The number of fused-ring (bicyclic) bond motifs is 5. The first kappa shape index (κ1) is 13.2. The summed E-state index contributed by atoms with van der Waals surface area (Å²) in [5, 5.41) is 2.67. The Labute approximate surface area is 128 Å². The molecule has 0 spiro atoms. The number of amides is 3. The summed E-state index contributed by atoms with van der Waals surface area (Å²) < 4.78 is 0. The molecular formula is C17H16N2O3. The van der Waals surface area contributed by atoms with Gasteiger partial charge >= 0.3 is 0 Å². The van der Waals surface area contributed by atoms with E-state index in [4.69, 9.17) is 0 Å². The van der Waals surface area contributed by atoms with E-state index in [1.165, 1.54) is 11.8 Å². The molecule has 0 radical (unpaired) electrons. The molecule has 3 amide bonds. The second-order valence-electron chi connectivity index (χ2n) is 6.24. The zero-order chi connectivity index (χ0) is 15.4. The van der Waals surface area contributed by atoms with Crippen LogP contribution in [-0.4, -0.2) is 17.7 Å². The third-order valence-corrected chi connectivity index (χ3v) is 4.92. The van der Waals surface area contributed by atoms with E-state index in [2.05, 4.69) is 17.5 Å². The van der Waals surface area contributed by atoms with Gasteiger partial charge in [0.05, 0.1) is 17.5 Å². The van der Waals surface area contributed by atoms with Crippen molar-refractivity contribution in [1.82, 2.24) is 0 Å². The molecule has 1 aromatic rings. The van der Waals surface area contributed by atoms with Gasteiger partial charge in [-0.25, -0.2) is 0 Å². The lowest BCUT2D eigenvalue weighted by Crippen LogP contribution is -2.32. The highest BCUT2D eigenvalue weighted by atomic mass is 16.2. The molecule has 2 fully saturated rings. The number of nitrogens with one attached hydrogen (secondary N) is 1. The van der Waals surface area contributed by atoms with Crippen molar-refractivity contribution in [1.29, 1.82) is 0 Å². The summed E-state index contributed by atoms with van der Waals surface area (Å²) in [6.45, 7) is 1.44. The van der Waals surface area contributed by atoms with Crippen LogP contribution in [0.15, 0.2) is 36.4 Å². The fraction of sp³-hybridized carbons (Fsp3) is 0.353. The minimum atomic E-state index is -0.183. The van der Waals surface area contributed by atoms with Gasteiger partial charge in [-0.15, -0.1) is 0 Å². The number of allylic oxidation sites excluding steroid dienone is 2. The molecular weight excluding hydrogens is 280 g/mol. The van der Waals surface area contributed by atoms with Crippen molar-refractivity contribution >= 4 is 29.1 Å². The van der Waals surface area contributed by atoms with Crippen LogP contribution in [-0.2, 0) is 14.4 Å². The molecule has 2 aliphatic carbocycles. The number of carbonyl (C=O) groups is 3. The van der Waals surface area contributed by atoms with Crippen molar-refractivity contribution in [2.45, 2.75) is 13.3 Å². The Hall–Kier alpha value is -2.43. The summed E-state index contributed by atoms with van der Waals surface area (Å²) in [4.78, 5) is 37.7. The molecule has 3 aliphatic rings. The maximum absolute atomic E-state index is 12.7. The monoisotopic (exact) mass is 296 g/mol. The van der Waals surface area contributed by atoms with E-state index in [1.54, 1.807) is 24.3 Å². The fourth-order valence-corrected chi connectivity index (χ4v) is 4.05. The molecule has 2 bridgehead atoms. The third kappa shape index (κ3) is 1.75. The average molecular weight is 296 g/mol. The Balaban J connectivity index is 1.62. The van der Waals surface area contributed by atoms with Crippen molar-refractivity contribution in [2.24, 2.45) is 23.7 Å². The lowest BCUT2D eigenvalue weighted by atomic mass is 9.85. The van der Waals surface area contributed by atoms with Gasteiger partial charge in [-0.2, -0.15) is 0 Å². The predicted molar refractivity (Wildman–Crippen MR) is 81.0 cm³/mol. The van der Waals surface area contributed by atoms with E-state index in [1.807, 2.05) is 0 Å². The largest absolute Gasteiger partial charge is 0.326 e. The zero-order valence-electron chi connectivity index (χ0n) is 12.2. The van der Waals surface area contributed by atoms with Crippen molar-refractivity contribution in [3.05, 3.63) is 36.4 Å². The summed E-state index contributed by atoms with van der Waals surface area (Å²) in [7, 11) is 0. The molecule has 0 unspecified atom stereocenters. The molecule has 0 aromatic heterocycles. The summed E-state index contributed by atoms with van der Waals surface area (Å²) in [6.07, 6.45) is 5.10. The lowest BCUT2D eigenvalue weighted by Gasteiger charge is -2.17. The number of nitrogens with zero attached hydrogens (tertiary/aromatic N) is 1. The first-order chi connectivity index (χ1) is 10.6. The standard InChI is InChI=1S/C17H16N2O3/c1-9(20)18-12-4-6-13(7-5-12)19-16(21)14-10-2-3-11(8-10)15(14)17(19)22/h2-7,10-11,14-15H,8H2,1H3,(H,18,20)/t10-,11-,14-,15+/m1/s1. The topological polar surface area (TPSA) is 66.5 Å². The minimum Gasteiger partial charge on any atom is -0.326 e. The van der Waals surface area contributed by atoms with Crippen molar-refractivity contribution < 1.29 is 14.4 Å². The second kappa shape index (κ2) is 4.53. The van der Waals surface area contributed by atoms with E-state index in [0.29, 0.717) is 11.4 Å². The van der Waals surface area contributed by atoms with Gasteiger partial charge in [0.25, 0.3) is 0 Å². The minimum absolute atomic E-state index is 0.0841. The molecule has 1 heterocycles. The van der Waals surface area contributed by atoms with Crippen molar-refractivity contribution in [3.63, 3.8) is 0 Å². The van der Waals surface area contributed by atoms with Crippen LogP contribution in [0.25, 0.3) is 0 Å². The Morgan fingerprint density at radius 2 is 1.59 bits per heavy atom. The SMILES string of the molecule is CC(=O)Nc1ccc(N2C(=O)[C@@H]3[C@H](C2=O)[C@@H]2C=C[C@@H]3C2)cc1. The van der Waals surface area contributed by atoms with Crippen LogP contribution in [0.2, 0.25) is 0 Å². The van der Waals surface area contributed by atoms with E-state index in [9.17, 15) is 14.4 Å². The molecule has 1 aliphatic heterocycles. The second-order valence-corrected chi connectivity index (χ2v) is 6.24. The van der Waals surface area contributed by atoms with Gasteiger partial charge in [0, 0.05) is 12.6 Å². The van der Waals surface area contributed by atoms with Gasteiger partial charge in [-0.3, -0.25) is 19.3 Å². The first-order valence-corrected chi connectivity index (χ1v) is 7.50. The maximum Gasteiger partial charge on any atom is 0.238 e. The van der Waals surface area contributed by atoms with Gasteiger partial charge in [0.15, 0.2) is 0 Å². The van der Waals surface area contributed by atoms with Gasteiger partial charge in [0.1, 0.15) is 0 Å². The van der Waals surface area contributed by atoms with Crippen LogP contribution in [0.3, 0.4) is 0 Å². The normalized spacial score (nSPS) is 31.8. The Bertz CT molecular complexity index is 677. The van der Waals surface area contributed by atoms with Gasteiger partial charge in [0.2, 0.25) is 17.7 Å². The Morgan fingerprint density at radius 1 is 1.05 bits per heavy atom. The van der Waals surface area contributed by atoms with E-state index in [0.717, 1.165) is 6.42 Å². The van der Waals surface area contributed by atoms with Gasteiger partial charge < -0.3 is 5.32 Å². The average Bonchev–Trinajstić information content (AvgIpc) is 3.14. The number of carbonyl (C=O) groups excluding carboxylic acids is 3. The molecule has 22 heavy (non-hydrogen) atoms. The number of benzene rings is 1. The summed E-state index contributed by atoms with van der Waals surface area (Å²) in [5.74, 6) is -0.253. The highest BCUT2D eigenvalue weighted by Gasteiger charge is 2.59. The lowest BCUT2D eigenvalue weighted by molar-refractivity contribution is -0.123. The number of hydrogen-bond donors (Lipinski definition) is 1. The van der Waals surface area contributed by atoms with Crippen molar-refractivity contribution in [3.8, 4) is 0 Å². The molecule has 1 saturated carbocycles. The summed E-state index contributed by atoms with van der Waals surface area (Å²) in [5.41, 5.74) is 1.23. The molecule has 112 valence electrons. The number of rotatable bonds is 2. The van der Waals surface area contributed by atoms with E-state index in [-0.39, 0.29) is 41.4 Å². The Morgan fingerprint density at radius 3 is 2.09 bits per heavy atom. The molecule has 5 nitrogen and oxygen atoms in total. The fourth-order valence-electron chi connectivity index (χ4n) is 4.05. The van der Waals surface area contributed by atoms with E-state index < -0.39 is 0 Å². The molecule has 1 saturated heterocycles.